The molecule has 0 bridgehead atoms. The first kappa shape index (κ1) is 21.6. The standard InChI is InChI=1S/C24H32N4O3/c1-18-9-5-8-13-27(18)16-12-25-23(29)21-22(31-17-26-21)19-10-3-4-11-20(19)24(30)28-14-6-2-7-15-28/h3-4,10-11,17-18H,2,5-9,12-16H2,1H3,(H,25,29). The third kappa shape index (κ3) is 4.98. The van der Waals surface area contributed by atoms with E-state index in [0.29, 0.717) is 29.5 Å². The molecular formula is C24H32N4O3. The summed E-state index contributed by atoms with van der Waals surface area (Å²) in [6.45, 7) is 6.25. The Morgan fingerprint density at radius 1 is 1.10 bits per heavy atom. The van der Waals surface area contributed by atoms with Crippen LogP contribution in [0, 0.1) is 0 Å². The molecular weight excluding hydrogens is 392 g/mol. The molecule has 0 spiro atoms. The molecule has 2 aliphatic rings. The van der Waals surface area contributed by atoms with E-state index in [1.165, 1.54) is 25.7 Å². The summed E-state index contributed by atoms with van der Waals surface area (Å²) in [5.41, 5.74) is 1.40. The van der Waals surface area contributed by atoms with Crippen LogP contribution in [0.25, 0.3) is 11.3 Å². The van der Waals surface area contributed by atoms with Gasteiger partial charge in [0.05, 0.1) is 5.56 Å². The van der Waals surface area contributed by atoms with E-state index in [-0.39, 0.29) is 17.5 Å². The van der Waals surface area contributed by atoms with Crippen LogP contribution in [-0.4, -0.2) is 65.4 Å². The molecule has 0 saturated carbocycles. The van der Waals surface area contributed by atoms with Crippen molar-refractivity contribution in [3.8, 4) is 11.3 Å². The summed E-state index contributed by atoms with van der Waals surface area (Å²) in [5.74, 6) is 0.0654. The van der Waals surface area contributed by atoms with Gasteiger partial charge >= 0.3 is 0 Å². The number of carbonyl (C=O) groups is 2. The van der Waals surface area contributed by atoms with Crippen LogP contribution >= 0.6 is 0 Å². The maximum Gasteiger partial charge on any atom is 0.273 e. The normalized spacial score (nSPS) is 19.9. The predicted molar refractivity (Wildman–Crippen MR) is 119 cm³/mol. The molecule has 31 heavy (non-hydrogen) atoms. The van der Waals surface area contributed by atoms with Gasteiger partial charge in [0.25, 0.3) is 11.8 Å². The molecule has 0 aliphatic carbocycles. The fourth-order valence-electron chi connectivity index (χ4n) is 4.62. The van der Waals surface area contributed by atoms with E-state index < -0.39 is 0 Å². The van der Waals surface area contributed by atoms with Gasteiger partial charge in [-0.2, -0.15) is 0 Å². The summed E-state index contributed by atoms with van der Waals surface area (Å²) in [6.07, 6.45) is 8.20. The number of aromatic nitrogens is 1. The van der Waals surface area contributed by atoms with Crippen molar-refractivity contribution in [2.75, 3.05) is 32.7 Å². The van der Waals surface area contributed by atoms with E-state index in [1.807, 2.05) is 23.1 Å². The van der Waals surface area contributed by atoms with Crippen molar-refractivity contribution in [2.45, 2.75) is 51.5 Å². The first-order valence-electron chi connectivity index (χ1n) is 11.5. The Balaban J connectivity index is 1.46. The van der Waals surface area contributed by atoms with Crippen LogP contribution in [0.4, 0.5) is 0 Å². The number of carbonyl (C=O) groups excluding carboxylic acids is 2. The molecule has 4 rings (SSSR count). The molecule has 3 heterocycles. The second-order valence-electron chi connectivity index (χ2n) is 8.57. The number of nitrogens with zero attached hydrogens (tertiary/aromatic N) is 3. The van der Waals surface area contributed by atoms with Crippen LogP contribution in [0.15, 0.2) is 35.1 Å². The van der Waals surface area contributed by atoms with E-state index in [4.69, 9.17) is 4.42 Å². The van der Waals surface area contributed by atoms with Crippen LogP contribution in [0.3, 0.4) is 0 Å². The third-order valence-electron chi connectivity index (χ3n) is 6.45. The molecule has 7 nitrogen and oxygen atoms in total. The van der Waals surface area contributed by atoms with Gasteiger partial charge in [0.1, 0.15) is 0 Å². The number of hydrogen-bond donors (Lipinski definition) is 1. The molecule has 2 aromatic rings. The number of likely N-dealkylation sites (tertiary alicyclic amines) is 2. The van der Waals surface area contributed by atoms with E-state index in [9.17, 15) is 9.59 Å². The molecule has 1 atom stereocenters. The number of hydrogen-bond acceptors (Lipinski definition) is 5. The second kappa shape index (κ2) is 10.1. The lowest BCUT2D eigenvalue weighted by Crippen LogP contribution is -2.42. The smallest absolute Gasteiger partial charge is 0.273 e. The maximum atomic E-state index is 13.1. The highest BCUT2D eigenvalue weighted by molar-refractivity contribution is 6.04. The van der Waals surface area contributed by atoms with Crippen LogP contribution in [0.5, 0.6) is 0 Å². The van der Waals surface area contributed by atoms with E-state index in [0.717, 1.165) is 45.4 Å². The van der Waals surface area contributed by atoms with Crippen LogP contribution in [0.2, 0.25) is 0 Å². The quantitative estimate of drug-likeness (QED) is 0.767. The SMILES string of the molecule is CC1CCCCN1CCNC(=O)c1ncoc1-c1ccccc1C(=O)N1CCCCC1. The Kier molecular flexibility index (Phi) is 7.02. The Morgan fingerprint density at radius 2 is 1.87 bits per heavy atom. The number of benzene rings is 1. The first-order chi connectivity index (χ1) is 15.1. The number of amides is 2. The lowest BCUT2D eigenvalue weighted by atomic mass is 10.0. The summed E-state index contributed by atoms with van der Waals surface area (Å²) < 4.78 is 5.61. The number of nitrogens with one attached hydrogen (secondary N) is 1. The number of rotatable bonds is 6. The molecule has 2 fully saturated rings. The first-order valence-corrected chi connectivity index (χ1v) is 11.5. The van der Waals surface area contributed by atoms with Gasteiger partial charge in [-0.25, -0.2) is 4.98 Å². The fourth-order valence-corrected chi connectivity index (χ4v) is 4.62. The largest absolute Gasteiger partial charge is 0.443 e. The topological polar surface area (TPSA) is 78.7 Å². The molecule has 2 saturated heterocycles. The van der Waals surface area contributed by atoms with E-state index in [1.54, 1.807) is 6.07 Å². The van der Waals surface area contributed by atoms with Crippen molar-refractivity contribution < 1.29 is 14.0 Å². The van der Waals surface area contributed by atoms with Gasteiger partial charge < -0.3 is 14.6 Å². The molecule has 1 aromatic carbocycles. The maximum absolute atomic E-state index is 13.1. The van der Waals surface area contributed by atoms with Crippen LogP contribution in [-0.2, 0) is 0 Å². The lowest BCUT2D eigenvalue weighted by Gasteiger charge is -2.33. The molecule has 7 heteroatoms. The second-order valence-corrected chi connectivity index (χ2v) is 8.57. The van der Waals surface area contributed by atoms with Crippen molar-refractivity contribution >= 4 is 11.8 Å². The molecule has 1 aromatic heterocycles. The Labute approximate surface area is 183 Å². The zero-order valence-electron chi connectivity index (χ0n) is 18.3. The van der Waals surface area contributed by atoms with Gasteiger partial charge in [-0.05, 0) is 51.6 Å². The molecule has 2 aliphatic heterocycles. The van der Waals surface area contributed by atoms with Gasteiger partial charge in [0, 0.05) is 37.8 Å². The summed E-state index contributed by atoms with van der Waals surface area (Å²) >= 11 is 0. The number of oxazole rings is 1. The highest BCUT2D eigenvalue weighted by atomic mass is 16.3. The average Bonchev–Trinajstić information content (AvgIpc) is 3.30. The monoisotopic (exact) mass is 424 g/mol. The molecule has 166 valence electrons. The minimum Gasteiger partial charge on any atom is -0.443 e. The number of piperidine rings is 2. The predicted octanol–water partition coefficient (Wildman–Crippen LogP) is 3.57. The zero-order chi connectivity index (χ0) is 21.6. The van der Waals surface area contributed by atoms with Gasteiger partial charge in [-0.3, -0.25) is 14.5 Å². The summed E-state index contributed by atoms with van der Waals surface area (Å²) in [7, 11) is 0. The van der Waals surface area contributed by atoms with Crippen molar-refractivity contribution in [3.05, 3.63) is 41.9 Å². The average molecular weight is 425 g/mol. The summed E-state index contributed by atoms with van der Waals surface area (Å²) in [4.78, 5) is 34.5. The Bertz CT molecular complexity index is 904. The highest BCUT2D eigenvalue weighted by Gasteiger charge is 2.26. The minimum absolute atomic E-state index is 0.0165. The summed E-state index contributed by atoms with van der Waals surface area (Å²) in [6, 6.07) is 7.87. The highest BCUT2D eigenvalue weighted by Crippen LogP contribution is 2.28. The van der Waals surface area contributed by atoms with E-state index in [2.05, 4.69) is 22.1 Å². The van der Waals surface area contributed by atoms with Crippen LogP contribution in [0.1, 0.15) is 66.3 Å². The van der Waals surface area contributed by atoms with Gasteiger partial charge in [-0.15, -0.1) is 0 Å². The molecule has 0 radical (unpaired) electrons. The molecule has 1 N–H and O–H groups in total. The van der Waals surface area contributed by atoms with Crippen molar-refractivity contribution in [2.24, 2.45) is 0 Å². The van der Waals surface area contributed by atoms with Gasteiger partial charge in [0.15, 0.2) is 17.8 Å². The van der Waals surface area contributed by atoms with Crippen molar-refractivity contribution in [1.29, 1.82) is 0 Å². The van der Waals surface area contributed by atoms with Crippen molar-refractivity contribution in [3.63, 3.8) is 0 Å². The summed E-state index contributed by atoms with van der Waals surface area (Å²) in [5, 5.41) is 2.98. The van der Waals surface area contributed by atoms with E-state index >= 15 is 0 Å². The lowest BCUT2D eigenvalue weighted by molar-refractivity contribution is 0.0724. The molecule has 2 amide bonds. The van der Waals surface area contributed by atoms with Crippen LogP contribution < -0.4 is 5.32 Å². The van der Waals surface area contributed by atoms with Gasteiger partial charge in [-0.1, -0.05) is 24.6 Å². The van der Waals surface area contributed by atoms with Crippen molar-refractivity contribution in [1.82, 2.24) is 20.1 Å². The Morgan fingerprint density at radius 3 is 2.68 bits per heavy atom. The fraction of sp³-hybridized carbons (Fsp3) is 0.542. The van der Waals surface area contributed by atoms with Gasteiger partial charge in [0.2, 0.25) is 0 Å². The minimum atomic E-state index is -0.270. The molecule has 1 unspecified atom stereocenters. The Hall–Kier alpha value is -2.67. The zero-order valence-corrected chi connectivity index (χ0v) is 18.3. The third-order valence-corrected chi connectivity index (χ3v) is 6.45.